The molecule has 152 valence electrons. The third kappa shape index (κ3) is 5.00. The van der Waals surface area contributed by atoms with Gasteiger partial charge in [-0.15, -0.1) is 0 Å². The highest BCUT2D eigenvalue weighted by molar-refractivity contribution is 7.78. The summed E-state index contributed by atoms with van der Waals surface area (Å²) in [7, 11) is -0.953. The number of ether oxygens (including phenoxy) is 1. The molecule has 0 aliphatic rings. The van der Waals surface area contributed by atoms with Crippen LogP contribution in [0.15, 0.2) is 78.9 Å². The van der Waals surface area contributed by atoms with Crippen LogP contribution in [0.4, 0.5) is 0 Å². The van der Waals surface area contributed by atoms with Crippen molar-refractivity contribution in [3.8, 4) is 5.75 Å². The van der Waals surface area contributed by atoms with Crippen molar-refractivity contribution in [2.24, 2.45) is 0 Å². The second-order valence-corrected chi connectivity index (χ2v) is 11.5. The molecular weight excluding hydrogens is 375 g/mol. The summed E-state index contributed by atoms with van der Waals surface area (Å²) in [4.78, 5) is 0. The first-order valence-electron chi connectivity index (χ1n) is 10.2. The monoisotopic (exact) mass is 406 g/mol. The smallest absolute Gasteiger partial charge is 0.143 e. The van der Waals surface area contributed by atoms with Crippen molar-refractivity contribution in [3.05, 3.63) is 90.0 Å². The van der Waals surface area contributed by atoms with Crippen molar-refractivity contribution in [2.75, 3.05) is 13.3 Å². The van der Waals surface area contributed by atoms with Crippen molar-refractivity contribution in [2.45, 2.75) is 39.0 Å². The van der Waals surface area contributed by atoms with E-state index in [1.165, 1.54) is 11.1 Å². The SMILES string of the molecule is COc1ccc(C(C)(C)C)cc1CCCP(=O)(c1ccccc1)c1ccccc1. The Morgan fingerprint density at radius 3 is 1.86 bits per heavy atom. The molecule has 0 aliphatic carbocycles. The molecule has 3 aromatic carbocycles. The Morgan fingerprint density at radius 2 is 1.38 bits per heavy atom. The first-order valence-corrected chi connectivity index (χ1v) is 12.1. The molecule has 0 saturated heterocycles. The van der Waals surface area contributed by atoms with Gasteiger partial charge >= 0.3 is 0 Å². The van der Waals surface area contributed by atoms with Crippen molar-refractivity contribution < 1.29 is 9.30 Å². The zero-order valence-corrected chi connectivity index (χ0v) is 18.8. The van der Waals surface area contributed by atoms with Crippen LogP contribution < -0.4 is 15.3 Å². The van der Waals surface area contributed by atoms with E-state index in [0.29, 0.717) is 6.16 Å². The van der Waals surface area contributed by atoms with Crippen LogP contribution in [-0.2, 0) is 16.4 Å². The fourth-order valence-electron chi connectivity index (χ4n) is 3.68. The van der Waals surface area contributed by atoms with E-state index < -0.39 is 7.14 Å². The van der Waals surface area contributed by atoms with Gasteiger partial charge in [0, 0.05) is 16.8 Å². The maximum Gasteiger partial charge on any atom is 0.143 e. The summed E-state index contributed by atoms with van der Waals surface area (Å²) in [6, 6.07) is 26.3. The Bertz CT molecular complexity index is 929. The molecular formula is C26H31O2P. The predicted molar refractivity (Wildman–Crippen MR) is 125 cm³/mol. The predicted octanol–water partition coefficient (Wildman–Crippen LogP) is 5.94. The van der Waals surface area contributed by atoms with E-state index >= 15 is 0 Å². The highest BCUT2D eigenvalue weighted by atomic mass is 31.2. The number of aryl methyl sites for hydroxylation is 1. The molecule has 0 heterocycles. The summed E-state index contributed by atoms with van der Waals surface area (Å²) < 4.78 is 19.8. The van der Waals surface area contributed by atoms with E-state index in [-0.39, 0.29) is 5.41 Å². The molecule has 3 rings (SSSR count). The fourth-order valence-corrected chi connectivity index (χ4v) is 6.40. The first kappa shape index (κ1) is 21.4. The molecule has 0 fully saturated rings. The largest absolute Gasteiger partial charge is 0.496 e. The van der Waals surface area contributed by atoms with Crippen molar-refractivity contribution >= 4 is 17.8 Å². The summed E-state index contributed by atoms with van der Waals surface area (Å²) in [5, 5.41) is 1.86. The first-order chi connectivity index (χ1) is 13.8. The van der Waals surface area contributed by atoms with Crippen LogP contribution in [0.1, 0.15) is 38.3 Å². The van der Waals surface area contributed by atoms with Gasteiger partial charge in [0.1, 0.15) is 12.9 Å². The van der Waals surface area contributed by atoms with Gasteiger partial charge in [-0.2, -0.15) is 0 Å². The summed E-state index contributed by atoms with van der Waals surface area (Å²) in [6.45, 7) is 6.66. The van der Waals surface area contributed by atoms with Gasteiger partial charge in [0.25, 0.3) is 0 Å². The van der Waals surface area contributed by atoms with Crippen molar-refractivity contribution in [1.29, 1.82) is 0 Å². The standard InChI is InChI=1S/C26H31O2P/c1-26(2,3)22-17-18-25(28-4)21(20-22)12-11-19-29(27,23-13-7-5-8-14-23)24-15-9-6-10-16-24/h5-10,13-18,20H,11-12,19H2,1-4H3. The van der Waals surface area contributed by atoms with Crippen molar-refractivity contribution in [3.63, 3.8) is 0 Å². The van der Waals surface area contributed by atoms with Gasteiger partial charge in [0.2, 0.25) is 0 Å². The minimum Gasteiger partial charge on any atom is -0.496 e. The number of hydrogen-bond acceptors (Lipinski definition) is 2. The third-order valence-electron chi connectivity index (χ3n) is 5.41. The molecule has 0 amide bonds. The lowest BCUT2D eigenvalue weighted by atomic mass is 9.85. The van der Waals surface area contributed by atoms with Gasteiger partial charge in [-0.1, -0.05) is 93.6 Å². The Labute approximate surface area is 175 Å². The molecule has 0 N–H and O–H groups in total. The topological polar surface area (TPSA) is 26.3 Å². The number of rotatable bonds is 7. The average molecular weight is 407 g/mol. The van der Waals surface area contributed by atoms with Gasteiger partial charge in [-0.05, 0) is 35.4 Å². The molecule has 0 aromatic heterocycles. The molecule has 0 spiro atoms. The zero-order valence-electron chi connectivity index (χ0n) is 17.9. The third-order valence-corrected chi connectivity index (χ3v) is 8.62. The highest BCUT2D eigenvalue weighted by Gasteiger charge is 2.26. The molecule has 0 atom stereocenters. The number of benzene rings is 3. The second-order valence-electron chi connectivity index (χ2n) is 8.51. The maximum absolute atomic E-state index is 14.2. The van der Waals surface area contributed by atoms with E-state index in [1.54, 1.807) is 7.11 Å². The Morgan fingerprint density at radius 1 is 0.828 bits per heavy atom. The molecule has 3 aromatic rings. The van der Waals surface area contributed by atoms with Gasteiger partial charge in [-0.3, -0.25) is 0 Å². The zero-order chi connectivity index (χ0) is 20.9. The lowest BCUT2D eigenvalue weighted by molar-refractivity contribution is 0.408. The average Bonchev–Trinajstić information content (AvgIpc) is 2.74. The molecule has 0 unspecified atom stereocenters. The molecule has 2 nitrogen and oxygen atoms in total. The van der Waals surface area contributed by atoms with Crippen LogP contribution in [0, 0.1) is 0 Å². The molecule has 3 heteroatoms. The molecule has 0 saturated carbocycles. The molecule has 29 heavy (non-hydrogen) atoms. The minimum absolute atomic E-state index is 0.0877. The van der Waals surface area contributed by atoms with E-state index in [2.05, 4.69) is 39.0 Å². The Hall–Kier alpha value is -2.31. The Kier molecular flexibility index (Phi) is 6.65. The van der Waals surface area contributed by atoms with Crippen LogP contribution in [0.5, 0.6) is 5.75 Å². The van der Waals surface area contributed by atoms with E-state index in [9.17, 15) is 4.57 Å². The number of methoxy groups -OCH3 is 1. The fraction of sp³-hybridized carbons (Fsp3) is 0.308. The lowest BCUT2D eigenvalue weighted by Crippen LogP contribution is -2.18. The van der Waals surface area contributed by atoms with Gasteiger partial charge in [-0.25, -0.2) is 0 Å². The lowest BCUT2D eigenvalue weighted by Gasteiger charge is -2.22. The van der Waals surface area contributed by atoms with E-state index in [0.717, 1.165) is 29.2 Å². The van der Waals surface area contributed by atoms with E-state index in [4.69, 9.17) is 4.74 Å². The summed E-state index contributed by atoms with van der Waals surface area (Å²) in [6.07, 6.45) is 2.33. The van der Waals surface area contributed by atoms with Gasteiger partial charge < -0.3 is 9.30 Å². The van der Waals surface area contributed by atoms with Crippen LogP contribution in [0.25, 0.3) is 0 Å². The summed E-state index contributed by atoms with van der Waals surface area (Å²) in [5.41, 5.74) is 2.57. The molecule has 0 aliphatic heterocycles. The highest BCUT2D eigenvalue weighted by Crippen LogP contribution is 2.44. The normalized spacial score (nSPS) is 12.0. The van der Waals surface area contributed by atoms with Crippen LogP contribution in [-0.4, -0.2) is 13.3 Å². The Balaban J connectivity index is 1.86. The molecule has 0 radical (unpaired) electrons. The summed E-state index contributed by atoms with van der Waals surface area (Å²) in [5.74, 6) is 0.909. The minimum atomic E-state index is -2.67. The van der Waals surface area contributed by atoms with E-state index in [1.807, 2.05) is 60.7 Å². The van der Waals surface area contributed by atoms with Crippen LogP contribution >= 0.6 is 7.14 Å². The van der Waals surface area contributed by atoms with Crippen LogP contribution in [0.3, 0.4) is 0 Å². The van der Waals surface area contributed by atoms with Gasteiger partial charge in [0.05, 0.1) is 7.11 Å². The van der Waals surface area contributed by atoms with Gasteiger partial charge in [0.15, 0.2) is 0 Å². The summed E-state index contributed by atoms with van der Waals surface area (Å²) >= 11 is 0. The maximum atomic E-state index is 14.2. The molecule has 0 bridgehead atoms. The second kappa shape index (κ2) is 9.01. The van der Waals surface area contributed by atoms with Crippen LogP contribution in [0.2, 0.25) is 0 Å². The van der Waals surface area contributed by atoms with Crippen molar-refractivity contribution in [1.82, 2.24) is 0 Å². The number of hydrogen-bond donors (Lipinski definition) is 0. The quantitative estimate of drug-likeness (QED) is 0.454.